The molecule has 0 unspecified atom stereocenters. The molecule has 0 atom stereocenters. The predicted molar refractivity (Wildman–Crippen MR) is 95.2 cm³/mol. The molecule has 28 heavy (non-hydrogen) atoms. The third kappa shape index (κ3) is 5.03. The fourth-order valence-electron chi connectivity index (χ4n) is 2.29. The van der Waals surface area contributed by atoms with E-state index in [2.05, 4.69) is 20.8 Å². The van der Waals surface area contributed by atoms with Crippen molar-refractivity contribution in [1.29, 1.82) is 0 Å². The molecule has 0 saturated carbocycles. The first-order valence-corrected chi connectivity index (χ1v) is 8.12. The highest BCUT2D eigenvalue weighted by molar-refractivity contribution is 6.03. The summed E-state index contributed by atoms with van der Waals surface area (Å²) in [6.45, 7) is 0.409. The fourth-order valence-corrected chi connectivity index (χ4v) is 2.29. The van der Waals surface area contributed by atoms with Crippen molar-refractivity contribution < 1.29 is 22.4 Å². The summed E-state index contributed by atoms with van der Waals surface area (Å²) in [5.41, 5.74) is 0.0802. The molecule has 144 valence electrons. The van der Waals surface area contributed by atoms with Crippen molar-refractivity contribution in [3.8, 4) is 0 Å². The Morgan fingerprint density at radius 3 is 2.04 bits per heavy atom. The van der Waals surface area contributed by atoms with Crippen LogP contribution in [0.4, 0.5) is 29.2 Å². The second-order valence-corrected chi connectivity index (χ2v) is 5.81. The Morgan fingerprint density at radius 1 is 0.857 bits per heavy atom. The standard InChI is InChI=1S/C19H14F4N4O/c20-15-7-1-12(2-8-15)11-24-16-9-10-17(27-26-16)25-18(28)13-3-5-14(6-4-13)19(21,22)23/h1-10H,11H2,(H,24,26)(H,25,27,28). The van der Waals surface area contributed by atoms with Gasteiger partial charge in [0.2, 0.25) is 0 Å². The normalized spacial score (nSPS) is 11.1. The number of rotatable bonds is 5. The van der Waals surface area contributed by atoms with Crippen LogP contribution in [0, 0.1) is 5.82 Å². The summed E-state index contributed by atoms with van der Waals surface area (Å²) in [5, 5.41) is 13.2. The highest BCUT2D eigenvalue weighted by atomic mass is 19.4. The van der Waals surface area contributed by atoms with E-state index in [4.69, 9.17) is 0 Å². The lowest BCUT2D eigenvalue weighted by atomic mass is 10.1. The van der Waals surface area contributed by atoms with E-state index < -0.39 is 17.6 Å². The number of nitrogens with zero attached hydrogens (tertiary/aromatic N) is 2. The topological polar surface area (TPSA) is 66.9 Å². The second-order valence-electron chi connectivity index (χ2n) is 5.81. The van der Waals surface area contributed by atoms with Crippen molar-refractivity contribution in [2.45, 2.75) is 12.7 Å². The van der Waals surface area contributed by atoms with Gasteiger partial charge in [0.25, 0.3) is 5.91 Å². The molecule has 2 N–H and O–H groups in total. The Bertz CT molecular complexity index is 940. The van der Waals surface area contributed by atoms with Crippen LogP contribution in [0.25, 0.3) is 0 Å². The first kappa shape index (κ1) is 19.3. The third-order valence-corrected chi connectivity index (χ3v) is 3.77. The van der Waals surface area contributed by atoms with Crippen LogP contribution in [-0.2, 0) is 12.7 Å². The summed E-state index contributed by atoms with van der Waals surface area (Å²) >= 11 is 0. The molecule has 1 aromatic heterocycles. The number of hydrogen-bond donors (Lipinski definition) is 2. The number of hydrogen-bond acceptors (Lipinski definition) is 4. The Hall–Kier alpha value is -3.49. The molecule has 3 aromatic rings. The lowest BCUT2D eigenvalue weighted by molar-refractivity contribution is -0.137. The molecule has 0 radical (unpaired) electrons. The monoisotopic (exact) mass is 390 g/mol. The summed E-state index contributed by atoms with van der Waals surface area (Å²) in [6, 6.07) is 12.9. The first-order chi connectivity index (χ1) is 13.3. The number of aromatic nitrogens is 2. The molecule has 0 fully saturated rings. The van der Waals surface area contributed by atoms with Crippen molar-refractivity contribution in [2.24, 2.45) is 0 Å². The van der Waals surface area contributed by atoms with Crippen LogP contribution >= 0.6 is 0 Å². The minimum Gasteiger partial charge on any atom is -0.365 e. The Balaban J connectivity index is 1.57. The van der Waals surface area contributed by atoms with Gasteiger partial charge in [-0.15, -0.1) is 10.2 Å². The number of nitrogens with one attached hydrogen (secondary N) is 2. The number of amides is 1. The van der Waals surface area contributed by atoms with Gasteiger partial charge in [-0.05, 0) is 54.1 Å². The molecule has 0 bridgehead atoms. The van der Waals surface area contributed by atoms with E-state index in [9.17, 15) is 22.4 Å². The minimum atomic E-state index is -4.46. The van der Waals surface area contributed by atoms with Crippen LogP contribution < -0.4 is 10.6 Å². The van der Waals surface area contributed by atoms with Crippen molar-refractivity contribution >= 4 is 17.5 Å². The van der Waals surface area contributed by atoms with Gasteiger partial charge < -0.3 is 10.6 Å². The van der Waals surface area contributed by atoms with E-state index in [0.29, 0.717) is 12.4 Å². The average molecular weight is 390 g/mol. The average Bonchev–Trinajstić information content (AvgIpc) is 2.68. The maximum atomic E-state index is 12.9. The van der Waals surface area contributed by atoms with Gasteiger partial charge in [0.05, 0.1) is 5.56 Å². The number of alkyl halides is 3. The van der Waals surface area contributed by atoms with Crippen LogP contribution in [0.15, 0.2) is 60.7 Å². The molecule has 3 rings (SSSR count). The zero-order valence-electron chi connectivity index (χ0n) is 14.3. The van der Waals surface area contributed by atoms with Crippen LogP contribution in [0.2, 0.25) is 0 Å². The third-order valence-electron chi connectivity index (χ3n) is 3.77. The van der Waals surface area contributed by atoms with Crippen LogP contribution in [0.1, 0.15) is 21.5 Å². The van der Waals surface area contributed by atoms with Gasteiger partial charge in [-0.3, -0.25) is 4.79 Å². The number of anilines is 2. The Labute approximate surface area is 157 Å². The smallest absolute Gasteiger partial charge is 0.365 e. The van der Waals surface area contributed by atoms with Crippen LogP contribution in [0.3, 0.4) is 0 Å². The van der Waals surface area contributed by atoms with Gasteiger partial charge in [0.1, 0.15) is 11.6 Å². The van der Waals surface area contributed by atoms with E-state index in [1.807, 2.05) is 0 Å². The maximum absolute atomic E-state index is 12.9. The fraction of sp³-hybridized carbons (Fsp3) is 0.105. The van der Waals surface area contributed by atoms with Gasteiger partial charge in [0.15, 0.2) is 5.82 Å². The lowest BCUT2D eigenvalue weighted by Gasteiger charge is -2.08. The van der Waals surface area contributed by atoms with Crippen molar-refractivity contribution in [2.75, 3.05) is 10.6 Å². The highest BCUT2D eigenvalue weighted by Crippen LogP contribution is 2.29. The number of halogens is 4. The lowest BCUT2D eigenvalue weighted by Crippen LogP contribution is -2.14. The molecular formula is C19H14F4N4O. The van der Waals surface area contributed by atoms with Gasteiger partial charge in [-0.2, -0.15) is 13.2 Å². The van der Waals surface area contributed by atoms with Gasteiger partial charge in [0, 0.05) is 12.1 Å². The van der Waals surface area contributed by atoms with E-state index in [-0.39, 0.29) is 17.2 Å². The van der Waals surface area contributed by atoms with Crippen molar-refractivity contribution in [3.63, 3.8) is 0 Å². The minimum absolute atomic E-state index is 0.0633. The zero-order chi connectivity index (χ0) is 20.1. The quantitative estimate of drug-likeness (QED) is 0.630. The largest absolute Gasteiger partial charge is 0.416 e. The second kappa shape index (κ2) is 8.03. The molecule has 1 heterocycles. The van der Waals surface area contributed by atoms with Gasteiger partial charge in [-0.25, -0.2) is 4.39 Å². The zero-order valence-corrected chi connectivity index (χ0v) is 14.3. The summed E-state index contributed by atoms with van der Waals surface area (Å²) in [7, 11) is 0. The van der Waals surface area contributed by atoms with Gasteiger partial charge in [-0.1, -0.05) is 12.1 Å². The van der Waals surface area contributed by atoms with E-state index in [0.717, 1.165) is 29.8 Å². The van der Waals surface area contributed by atoms with Gasteiger partial charge >= 0.3 is 6.18 Å². The molecule has 9 heteroatoms. The molecule has 0 spiro atoms. The summed E-state index contributed by atoms with van der Waals surface area (Å²) in [4.78, 5) is 12.1. The molecule has 1 amide bonds. The SMILES string of the molecule is O=C(Nc1ccc(NCc2ccc(F)cc2)nn1)c1ccc(C(F)(F)F)cc1. The molecule has 5 nitrogen and oxygen atoms in total. The highest BCUT2D eigenvalue weighted by Gasteiger charge is 2.30. The van der Waals surface area contributed by atoms with Crippen LogP contribution in [-0.4, -0.2) is 16.1 Å². The van der Waals surface area contributed by atoms with Crippen molar-refractivity contribution in [1.82, 2.24) is 10.2 Å². The number of benzene rings is 2. The van der Waals surface area contributed by atoms with E-state index in [1.165, 1.54) is 18.2 Å². The number of carbonyl (C=O) groups excluding carboxylic acids is 1. The molecule has 0 saturated heterocycles. The molecule has 0 aliphatic carbocycles. The van der Waals surface area contributed by atoms with Crippen LogP contribution in [0.5, 0.6) is 0 Å². The molecule has 2 aromatic carbocycles. The molecule has 0 aliphatic rings. The first-order valence-electron chi connectivity index (χ1n) is 8.12. The summed E-state index contributed by atoms with van der Waals surface area (Å²) in [5.74, 6) is -0.333. The number of carbonyl (C=O) groups is 1. The van der Waals surface area contributed by atoms with E-state index >= 15 is 0 Å². The molecular weight excluding hydrogens is 376 g/mol. The predicted octanol–water partition coefficient (Wildman–Crippen LogP) is 4.50. The van der Waals surface area contributed by atoms with E-state index in [1.54, 1.807) is 18.2 Å². The Morgan fingerprint density at radius 2 is 1.46 bits per heavy atom. The van der Waals surface area contributed by atoms with Crippen molar-refractivity contribution in [3.05, 3.63) is 83.2 Å². The molecule has 0 aliphatic heterocycles. The summed E-state index contributed by atoms with van der Waals surface area (Å²) in [6.07, 6.45) is -4.46. The maximum Gasteiger partial charge on any atom is 0.416 e. The summed E-state index contributed by atoms with van der Waals surface area (Å²) < 4.78 is 50.5. The Kier molecular flexibility index (Phi) is 5.53.